The standard InChI is InChI=1S/C13H22N2O/c1-4-13(3,7-9-16)15-11(2)12-6-5-8-14-10-12/h5-6,8,10-11,15-16H,4,7,9H2,1-3H3. The summed E-state index contributed by atoms with van der Waals surface area (Å²) >= 11 is 0. The van der Waals surface area contributed by atoms with Crippen LogP contribution in [0.3, 0.4) is 0 Å². The molecular formula is C13H22N2O. The Bertz CT molecular complexity index is 302. The van der Waals surface area contributed by atoms with Gasteiger partial charge in [-0.3, -0.25) is 4.98 Å². The minimum Gasteiger partial charge on any atom is -0.396 e. The zero-order valence-electron chi connectivity index (χ0n) is 10.4. The third kappa shape index (κ3) is 3.58. The minimum atomic E-state index is -0.00991. The number of rotatable bonds is 6. The van der Waals surface area contributed by atoms with Crippen molar-refractivity contribution < 1.29 is 5.11 Å². The molecule has 0 aliphatic rings. The van der Waals surface area contributed by atoms with E-state index in [1.165, 1.54) is 5.56 Å². The fourth-order valence-corrected chi connectivity index (χ4v) is 1.84. The molecule has 3 nitrogen and oxygen atoms in total. The number of aromatic nitrogens is 1. The zero-order chi connectivity index (χ0) is 12.0. The van der Waals surface area contributed by atoms with Crippen molar-refractivity contribution in [2.24, 2.45) is 0 Å². The molecule has 3 heteroatoms. The highest BCUT2D eigenvalue weighted by atomic mass is 16.3. The highest BCUT2D eigenvalue weighted by Crippen LogP contribution is 2.20. The van der Waals surface area contributed by atoms with Gasteiger partial charge < -0.3 is 10.4 Å². The molecule has 0 spiro atoms. The van der Waals surface area contributed by atoms with Crippen molar-refractivity contribution in [3.63, 3.8) is 0 Å². The van der Waals surface area contributed by atoms with Gasteiger partial charge in [0.25, 0.3) is 0 Å². The predicted octanol–water partition coefficient (Wildman–Crippen LogP) is 2.28. The van der Waals surface area contributed by atoms with E-state index >= 15 is 0 Å². The fraction of sp³-hybridized carbons (Fsp3) is 0.615. The monoisotopic (exact) mass is 222 g/mol. The van der Waals surface area contributed by atoms with Gasteiger partial charge in [0, 0.05) is 30.6 Å². The van der Waals surface area contributed by atoms with Crippen molar-refractivity contribution in [2.75, 3.05) is 6.61 Å². The Labute approximate surface area is 97.9 Å². The van der Waals surface area contributed by atoms with Crippen molar-refractivity contribution in [3.05, 3.63) is 30.1 Å². The number of aliphatic hydroxyl groups is 1. The van der Waals surface area contributed by atoms with Gasteiger partial charge in [-0.25, -0.2) is 0 Å². The normalized spacial score (nSPS) is 16.8. The van der Waals surface area contributed by atoms with Gasteiger partial charge in [-0.15, -0.1) is 0 Å². The van der Waals surface area contributed by atoms with Crippen LogP contribution in [0.15, 0.2) is 24.5 Å². The lowest BCUT2D eigenvalue weighted by Crippen LogP contribution is -2.43. The molecule has 0 radical (unpaired) electrons. The maximum Gasteiger partial charge on any atom is 0.0448 e. The third-order valence-electron chi connectivity index (χ3n) is 3.19. The molecule has 0 saturated heterocycles. The predicted molar refractivity (Wildman–Crippen MR) is 66.2 cm³/mol. The van der Waals surface area contributed by atoms with Crippen molar-refractivity contribution in [3.8, 4) is 0 Å². The SMILES string of the molecule is CCC(C)(CCO)NC(C)c1cccnc1. The molecule has 0 aliphatic carbocycles. The Kier molecular flexibility index (Phi) is 4.90. The van der Waals surface area contributed by atoms with Crippen LogP contribution in [0.1, 0.15) is 45.2 Å². The lowest BCUT2D eigenvalue weighted by Gasteiger charge is -2.32. The topological polar surface area (TPSA) is 45.1 Å². The number of nitrogens with zero attached hydrogens (tertiary/aromatic N) is 1. The summed E-state index contributed by atoms with van der Waals surface area (Å²) in [4.78, 5) is 4.12. The molecule has 1 aromatic rings. The molecule has 0 fully saturated rings. The zero-order valence-corrected chi connectivity index (χ0v) is 10.4. The molecule has 0 aromatic carbocycles. The lowest BCUT2D eigenvalue weighted by atomic mass is 9.93. The van der Waals surface area contributed by atoms with Crippen LogP contribution in [0, 0.1) is 0 Å². The maximum atomic E-state index is 9.06. The Morgan fingerprint density at radius 1 is 1.56 bits per heavy atom. The number of hydrogen-bond acceptors (Lipinski definition) is 3. The van der Waals surface area contributed by atoms with Crippen LogP contribution < -0.4 is 5.32 Å². The number of hydrogen-bond donors (Lipinski definition) is 2. The van der Waals surface area contributed by atoms with E-state index < -0.39 is 0 Å². The summed E-state index contributed by atoms with van der Waals surface area (Å²) in [5.41, 5.74) is 1.17. The average Bonchev–Trinajstić information content (AvgIpc) is 2.30. The van der Waals surface area contributed by atoms with Gasteiger partial charge in [-0.1, -0.05) is 13.0 Å². The second-order valence-electron chi connectivity index (χ2n) is 4.54. The number of nitrogens with one attached hydrogen (secondary N) is 1. The molecule has 0 saturated carbocycles. The summed E-state index contributed by atoms with van der Waals surface area (Å²) < 4.78 is 0. The average molecular weight is 222 g/mol. The van der Waals surface area contributed by atoms with Crippen molar-refractivity contribution in [1.82, 2.24) is 10.3 Å². The molecule has 2 N–H and O–H groups in total. The van der Waals surface area contributed by atoms with E-state index in [4.69, 9.17) is 5.11 Å². The van der Waals surface area contributed by atoms with E-state index in [-0.39, 0.29) is 18.2 Å². The van der Waals surface area contributed by atoms with Crippen LogP contribution in [-0.2, 0) is 0 Å². The highest BCUT2D eigenvalue weighted by molar-refractivity contribution is 5.13. The van der Waals surface area contributed by atoms with E-state index in [1.54, 1.807) is 6.20 Å². The largest absolute Gasteiger partial charge is 0.396 e. The second kappa shape index (κ2) is 5.97. The molecule has 0 aliphatic heterocycles. The van der Waals surface area contributed by atoms with E-state index in [9.17, 15) is 0 Å². The molecule has 1 heterocycles. The van der Waals surface area contributed by atoms with E-state index in [0.29, 0.717) is 0 Å². The summed E-state index contributed by atoms with van der Waals surface area (Å²) in [6, 6.07) is 4.27. The Morgan fingerprint density at radius 3 is 2.81 bits per heavy atom. The smallest absolute Gasteiger partial charge is 0.0448 e. The molecule has 2 atom stereocenters. The van der Waals surface area contributed by atoms with Gasteiger partial charge in [0.2, 0.25) is 0 Å². The van der Waals surface area contributed by atoms with Crippen molar-refractivity contribution >= 4 is 0 Å². The van der Waals surface area contributed by atoms with Gasteiger partial charge >= 0.3 is 0 Å². The maximum absolute atomic E-state index is 9.06. The molecule has 0 amide bonds. The molecule has 2 unspecified atom stereocenters. The first-order chi connectivity index (χ1) is 7.61. The van der Waals surface area contributed by atoms with Gasteiger partial charge in [-0.2, -0.15) is 0 Å². The summed E-state index contributed by atoms with van der Waals surface area (Å²) in [7, 11) is 0. The minimum absolute atomic E-state index is 0.00991. The molecular weight excluding hydrogens is 200 g/mol. The quantitative estimate of drug-likeness (QED) is 0.776. The molecule has 1 aromatic heterocycles. The molecule has 1 rings (SSSR count). The second-order valence-corrected chi connectivity index (χ2v) is 4.54. The molecule has 16 heavy (non-hydrogen) atoms. The number of pyridine rings is 1. The Morgan fingerprint density at radius 2 is 2.31 bits per heavy atom. The Hall–Kier alpha value is -0.930. The van der Waals surface area contributed by atoms with E-state index in [2.05, 4.69) is 37.1 Å². The first-order valence-electron chi connectivity index (χ1n) is 5.90. The van der Waals surface area contributed by atoms with Crippen LogP contribution in [-0.4, -0.2) is 22.2 Å². The Balaban J connectivity index is 2.65. The summed E-state index contributed by atoms with van der Waals surface area (Å²) in [5, 5.41) is 12.6. The van der Waals surface area contributed by atoms with Gasteiger partial charge in [0.05, 0.1) is 0 Å². The lowest BCUT2D eigenvalue weighted by molar-refractivity contribution is 0.205. The van der Waals surface area contributed by atoms with Crippen LogP contribution in [0.25, 0.3) is 0 Å². The van der Waals surface area contributed by atoms with Gasteiger partial charge in [0.1, 0.15) is 0 Å². The van der Waals surface area contributed by atoms with Crippen molar-refractivity contribution in [1.29, 1.82) is 0 Å². The third-order valence-corrected chi connectivity index (χ3v) is 3.19. The van der Waals surface area contributed by atoms with E-state index in [1.807, 2.05) is 12.3 Å². The fourth-order valence-electron chi connectivity index (χ4n) is 1.84. The first kappa shape index (κ1) is 13.1. The summed E-state index contributed by atoms with van der Waals surface area (Å²) in [6.07, 6.45) is 5.43. The highest BCUT2D eigenvalue weighted by Gasteiger charge is 2.23. The molecule has 0 bridgehead atoms. The van der Waals surface area contributed by atoms with E-state index in [0.717, 1.165) is 12.8 Å². The molecule has 90 valence electrons. The van der Waals surface area contributed by atoms with Crippen LogP contribution >= 0.6 is 0 Å². The van der Waals surface area contributed by atoms with Gasteiger partial charge in [-0.05, 0) is 38.3 Å². The van der Waals surface area contributed by atoms with Crippen molar-refractivity contribution in [2.45, 2.75) is 45.2 Å². The first-order valence-corrected chi connectivity index (χ1v) is 5.90. The van der Waals surface area contributed by atoms with Crippen LogP contribution in [0.4, 0.5) is 0 Å². The summed E-state index contributed by atoms with van der Waals surface area (Å²) in [6.45, 7) is 6.63. The number of aliphatic hydroxyl groups excluding tert-OH is 1. The summed E-state index contributed by atoms with van der Waals surface area (Å²) in [5.74, 6) is 0. The van der Waals surface area contributed by atoms with Crippen LogP contribution in [0.2, 0.25) is 0 Å². The van der Waals surface area contributed by atoms with Crippen LogP contribution in [0.5, 0.6) is 0 Å². The van der Waals surface area contributed by atoms with Gasteiger partial charge in [0.15, 0.2) is 0 Å².